The highest BCUT2D eigenvalue weighted by atomic mass is 28.4. The van der Waals surface area contributed by atoms with Crippen molar-refractivity contribution in [2.24, 2.45) is 0 Å². The second kappa shape index (κ2) is 14.1. The predicted molar refractivity (Wildman–Crippen MR) is 103 cm³/mol. The molecular formula is C19H40O5Si. The monoisotopic (exact) mass is 376 g/mol. The summed E-state index contributed by atoms with van der Waals surface area (Å²) in [5.74, 6) is 0. The maximum atomic E-state index is 6.33. The van der Waals surface area contributed by atoms with Crippen LogP contribution in [0.25, 0.3) is 0 Å². The second-order valence-electron chi connectivity index (χ2n) is 6.93. The van der Waals surface area contributed by atoms with Crippen molar-refractivity contribution in [1.29, 1.82) is 0 Å². The predicted octanol–water partition coefficient (Wildman–Crippen LogP) is 4.57. The van der Waals surface area contributed by atoms with Crippen LogP contribution < -0.4 is 0 Å². The third-order valence-corrected chi connectivity index (χ3v) is 7.72. The first-order chi connectivity index (χ1) is 12.2. The molecule has 5 nitrogen and oxygen atoms in total. The molecule has 1 heterocycles. The van der Waals surface area contributed by atoms with E-state index in [1.54, 1.807) is 0 Å². The lowest BCUT2D eigenvalue weighted by Crippen LogP contribution is -2.50. The number of unbranched alkanes of at least 4 members (excludes halogenated alkanes) is 3. The SMILES string of the molecule is CCCCO[Si](OCCCC)(OCCCC)C(C)CCOCC1CO1. The molecule has 2 atom stereocenters. The molecule has 25 heavy (non-hydrogen) atoms. The summed E-state index contributed by atoms with van der Waals surface area (Å²) in [6.07, 6.45) is 7.72. The molecule has 1 saturated heterocycles. The lowest BCUT2D eigenvalue weighted by atomic mass is 10.3. The van der Waals surface area contributed by atoms with Crippen LogP contribution in [0.2, 0.25) is 5.54 Å². The largest absolute Gasteiger partial charge is 0.504 e. The smallest absolute Gasteiger partial charge is 0.379 e. The van der Waals surface area contributed by atoms with Crippen LogP contribution in [-0.4, -0.2) is 54.5 Å². The normalized spacial score (nSPS) is 18.5. The van der Waals surface area contributed by atoms with Gasteiger partial charge in [0.1, 0.15) is 6.10 Å². The van der Waals surface area contributed by atoms with Crippen LogP contribution in [0.15, 0.2) is 0 Å². The molecule has 0 aliphatic carbocycles. The Kier molecular flexibility index (Phi) is 13.0. The molecule has 1 aliphatic rings. The molecule has 1 rings (SSSR count). The van der Waals surface area contributed by atoms with Crippen molar-refractivity contribution in [2.75, 3.05) is 39.6 Å². The van der Waals surface area contributed by atoms with Gasteiger partial charge in [0.05, 0.1) is 13.2 Å². The van der Waals surface area contributed by atoms with E-state index in [2.05, 4.69) is 27.7 Å². The minimum Gasteiger partial charge on any atom is -0.379 e. The molecule has 0 aromatic carbocycles. The van der Waals surface area contributed by atoms with Crippen molar-refractivity contribution in [1.82, 2.24) is 0 Å². The Hall–Kier alpha value is 0.0169. The molecule has 6 heteroatoms. The molecule has 150 valence electrons. The molecule has 0 bridgehead atoms. The zero-order chi connectivity index (χ0) is 18.4. The van der Waals surface area contributed by atoms with Crippen LogP contribution in [0.5, 0.6) is 0 Å². The van der Waals surface area contributed by atoms with E-state index in [1.807, 2.05) is 0 Å². The van der Waals surface area contributed by atoms with Gasteiger partial charge in [-0.3, -0.25) is 0 Å². The zero-order valence-electron chi connectivity index (χ0n) is 16.9. The first kappa shape index (κ1) is 23.1. The van der Waals surface area contributed by atoms with Gasteiger partial charge in [-0.05, 0) is 25.7 Å². The van der Waals surface area contributed by atoms with Gasteiger partial charge in [-0.2, -0.15) is 0 Å². The molecule has 0 aromatic heterocycles. The van der Waals surface area contributed by atoms with Crippen molar-refractivity contribution >= 4 is 8.80 Å². The van der Waals surface area contributed by atoms with E-state index in [0.717, 1.165) is 71.4 Å². The van der Waals surface area contributed by atoms with E-state index >= 15 is 0 Å². The highest BCUT2D eigenvalue weighted by Gasteiger charge is 2.47. The minimum atomic E-state index is -2.68. The average Bonchev–Trinajstić information content (AvgIpc) is 3.43. The van der Waals surface area contributed by atoms with Gasteiger partial charge in [0, 0.05) is 32.0 Å². The summed E-state index contributed by atoms with van der Waals surface area (Å²) >= 11 is 0. The number of epoxide rings is 1. The fraction of sp³-hybridized carbons (Fsp3) is 1.00. The summed E-state index contributed by atoms with van der Waals surface area (Å²) in [6, 6.07) is 0. The van der Waals surface area contributed by atoms with Crippen molar-refractivity contribution < 1.29 is 22.8 Å². The number of hydrogen-bond donors (Lipinski definition) is 0. The fourth-order valence-corrected chi connectivity index (χ4v) is 5.31. The van der Waals surface area contributed by atoms with E-state index < -0.39 is 8.80 Å². The van der Waals surface area contributed by atoms with Crippen LogP contribution >= 0.6 is 0 Å². The van der Waals surface area contributed by atoms with Crippen LogP contribution in [0, 0.1) is 0 Å². The second-order valence-corrected chi connectivity index (χ2v) is 9.99. The molecule has 0 aromatic rings. The van der Waals surface area contributed by atoms with Crippen LogP contribution in [-0.2, 0) is 22.8 Å². The molecule has 0 N–H and O–H groups in total. The fourth-order valence-electron chi connectivity index (χ4n) is 2.44. The van der Waals surface area contributed by atoms with E-state index in [-0.39, 0.29) is 5.54 Å². The molecular weight excluding hydrogens is 336 g/mol. The summed E-state index contributed by atoms with van der Waals surface area (Å²) in [6.45, 7) is 13.2. The zero-order valence-corrected chi connectivity index (χ0v) is 17.9. The van der Waals surface area contributed by atoms with Gasteiger partial charge >= 0.3 is 8.80 Å². The van der Waals surface area contributed by atoms with Crippen molar-refractivity contribution in [3.05, 3.63) is 0 Å². The molecule has 0 spiro atoms. The summed E-state index contributed by atoms with van der Waals surface area (Å²) in [5.41, 5.74) is 0.248. The molecule has 1 aliphatic heterocycles. The summed E-state index contributed by atoms with van der Waals surface area (Å²) in [4.78, 5) is 0. The Balaban J connectivity index is 2.58. The maximum Gasteiger partial charge on any atom is 0.504 e. The van der Waals surface area contributed by atoms with Gasteiger partial charge in [0.2, 0.25) is 0 Å². The Morgan fingerprint density at radius 1 is 0.880 bits per heavy atom. The summed E-state index contributed by atoms with van der Waals surface area (Å²) in [7, 11) is -2.68. The molecule has 1 fully saturated rings. The van der Waals surface area contributed by atoms with E-state index in [4.69, 9.17) is 22.8 Å². The van der Waals surface area contributed by atoms with Gasteiger partial charge < -0.3 is 22.8 Å². The first-order valence-electron chi connectivity index (χ1n) is 10.3. The Labute approximate surface area is 156 Å². The highest BCUT2D eigenvalue weighted by molar-refractivity contribution is 6.62. The Morgan fingerprint density at radius 3 is 1.76 bits per heavy atom. The Bertz CT molecular complexity index is 286. The van der Waals surface area contributed by atoms with Crippen LogP contribution in [0.4, 0.5) is 0 Å². The molecule has 2 unspecified atom stereocenters. The summed E-state index contributed by atoms with van der Waals surface area (Å²) in [5, 5.41) is 0. The molecule has 0 radical (unpaired) electrons. The minimum absolute atomic E-state index is 0.248. The Morgan fingerprint density at radius 2 is 1.36 bits per heavy atom. The van der Waals surface area contributed by atoms with Gasteiger partial charge in [0.25, 0.3) is 0 Å². The number of hydrogen-bond acceptors (Lipinski definition) is 5. The lowest BCUT2D eigenvalue weighted by molar-refractivity contribution is 0.0414. The lowest BCUT2D eigenvalue weighted by Gasteiger charge is -2.34. The third-order valence-electron chi connectivity index (χ3n) is 4.41. The van der Waals surface area contributed by atoms with Crippen LogP contribution in [0.1, 0.15) is 72.6 Å². The molecule has 0 saturated carbocycles. The van der Waals surface area contributed by atoms with Gasteiger partial charge in [-0.15, -0.1) is 0 Å². The van der Waals surface area contributed by atoms with E-state index in [9.17, 15) is 0 Å². The van der Waals surface area contributed by atoms with Crippen LogP contribution in [0.3, 0.4) is 0 Å². The van der Waals surface area contributed by atoms with E-state index in [0.29, 0.717) is 19.3 Å². The van der Waals surface area contributed by atoms with Gasteiger partial charge in [-0.25, -0.2) is 0 Å². The highest BCUT2D eigenvalue weighted by Crippen LogP contribution is 2.30. The van der Waals surface area contributed by atoms with Crippen molar-refractivity contribution in [3.8, 4) is 0 Å². The molecule has 0 amide bonds. The van der Waals surface area contributed by atoms with Gasteiger partial charge in [0.15, 0.2) is 0 Å². The third kappa shape index (κ3) is 10.1. The van der Waals surface area contributed by atoms with Crippen molar-refractivity contribution in [3.63, 3.8) is 0 Å². The first-order valence-corrected chi connectivity index (χ1v) is 12.1. The number of rotatable bonds is 18. The quantitative estimate of drug-likeness (QED) is 0.199. The van der Waals surface area contributed by atoms with E-state index in [1.165, 1.54) is 0 Å². The topological polar surface area (TPSA) is 49.5 Å². The average molecular weight is 377 g/mol. The summed E-state index contributed by atoms with van der Waals surface area (Å²) < 4.78 is 29.9. The van der Waals surface area contributed by atoms with Crippen molar-refractivity contribution in [2.45, 2.75) is 84.3 Å². The maximum absolute atomic E-state index is 6.33. The number of ether oxygens (including phenoxy) is 2. The van der Waals surface area contributed by atoms with Gasteiger partial charge in [-0.1, -0.05) is 47.0 Å². The standard InChI is InChI=1S/C19H40O5Si/c1-5-8-12-22-25(23-13-9-6-2,24-14-10-7-3)18(4)11-15-20-16-19-17-21-19/h18-19H,5-17H2,1-4H3.